The van der Waals surface area contributed by atoms with Crippen LogP contribution in [0.4, 0.5) is 74.6 Å². The predicted octanol–water partition coefficient (Wildman–Crippen LogP) is 11.4. The van der Waals surface area contributed by atoms with Gasteiger partial charge in [-0.1, -0.05) is 39.0 Å². The summed E-state index contributed by atoms with van der Waals surface area (Å²) in [5.41, 5.74) is 0.129. The maximum absolute atomic E-state index is 14.1. The van der Waals surface area contributed by atoms with Gasteiger partial charge in [0.15, 0.2) is 6.10 Å². The highest BCUT2D eigenvalue weighted by molar-refractivity contribution is 5.91. The molecule has 0 saturated heterocycles. The van der Waals surface area contributed by atoms with Crippen LogP contribution in [0.5, 0.6) is 17.2 Å². The van der Waals surface area contributed by atoms with Gasteiger partial charge in [-0.25, -0.2) is 9.59 Å². The SMILES string of the molecule is CCCCCCCCOc1ccc(C(=O)Oc2ccc(O[C@@H](C)C(=O)OCCC(F)(F)C(F)(F)C(F)(F)C(F)(F)C(F)(F)C(F)(F)C(F)(F)C(F)(F)F)cc2)cc1. The second kappa shape index (κ2) is 18.2. The number of hydrogen-bond acceptors (Lipinski definition) is 6. The average molecular weight is 861 g/mol. The van der Waals surface area contributed by atoms with Gasteiger partial charge in [0.05, 0.1) is 25.2 Å². The molecule has 0 bridgehead atoms. The van der Waals surface area contributed by atoms with Crippen LogP contribution in [0.3, 0.4) is 0 Å². The van der Waals surface area contributed by atoms with Gasteiger partial charge in [-0.15, -0.1) is 0 Å². The molecular formula is C34H33F17O6. The number of unbranched alkanes of at least 4 members (excludes halogenated alkanes) is 5. The largest absolute Gasteiger partial charge is 0.494 e. The average Bonchev–Trinajstić information content (AvgIpc) is 3.11. The molecule has 6 nitrogen and oxygen atoms in total. The zero-order valence-corrected chi connectivity index (χ0v) is 29.4. The molecule has 23 heteroatoms. The summed E-state index contributed by atoms with van der Waals surface area (Å²) in [6.07, 6.45) is -6.25. The van der Waals surface area contributed by atoms with E-state index in [4.69, 9.17) is 14.2 Å². The molecule has 57 heavy (non-hydrogen) atoms. The van der Waals surface area contributed by atoms with Crippen LogP contribution in [0, 0.1) is 0 Å². The third-order valence-corrected chi connectivity index (χ3v) is 7.98. The topological polar surface area (TPSA) is 71.1 Å². The standard InChI is InChI=1S/C34H33F17O6/c1-3-4-5-6-7-8-18-54-22-11-9-21(10-12-22)26(53)57-24-15-13-23(14-16-24)56-20(2)25(52)55-19-17-27(35,36)28(37,38)29(39,40)30(41,42)31(43,44)32(45,46)33(47,48)34(49,50)51/h9-16,20H,3-8,17-19H2,1-2H3/t20-/m0/s1. The van der Waals surface area contributed by atoms with Crippen LogP contribution in [0.25, 0.3) is 0 Å². The van der Waals surface area contributed by atoms with E-state index in [2.05, 4.69) is 11.7 Å². The Morgan fingerprint density at radius 1 is 0.544 bits per heavy atom. The zero-order valence-electron chi connectivity index (χ0n) is 29.4. The number of esters is 2. The molecule has 0 fully saturated rings. The van der Waals surface area contributed by atoms with Crippen LogP contribution in [0.15, 0.2) is 48.5 Å². The van der Waals surface area contributed by atoms with Crippen molar-refractivity contribution < 1.29 is 103 Å². The molecule has 0 aliphatic rings. The summed E-state index contributed by atoms with van der Waals surface area (Å²) in [7, 11) is 0. The smallest absolute Gasteiger partial charge is 0.460 e. The summed E-state index contributed by atoms with van der Waals surface area (Å²) >= 11 is 0. The number of carbonyl (C=O) groups is 2. The predicted molar refractivity (Wildman–Crippen MR) is 163 cm³/mol. The Kier molecular flexibility index (Phi) is 15.6. The zero-order chi connectivity index (χ0) is 43.9. The van der Waals surface area contributed by atoms with Gasteiger partial charge in [-0.2, -0.15) is 74.6 Å². The molecule has 0 saturated carbocycles. The fourth-order valence-corrected chi connectivity index (χ4v) is 4.51. The molecule has 0 aliphatic carbocycles. The van der Waals surface area contributed by atoms with Crippen molar-refractivity contribution in [2.75, 3.05) is 13.2 Å². The van der Waals surface area contributed by atoms with E-state index in [0.717, 1.165) is 69.7 Å². The van der Waals surface area contributed by atoms with Crippen LogP contribution in [-0.2, 0) is 9.53 Å². The Morgan fingerprint density at radius 2 is 0.982 bits per heavy atom. The van der Waals surface area contributed by atoms with Crippen LogP contribution < -0.4 is 14.2 Å². The second-order valence-corrected chi connectivity index (χ2v) is 12.3. The van der Waals surface area contributed by atoms with E-state index in [1.165, 1.54) is 12.1 Å². The minimum absolute atomic E-state index is 0.0629. The van der Waals surface area contributed by atoms with Gasteiger partial charge in [0.2, 0.25) is 0 Å². The van der Waals surface area contributed by atoms with Gasteiger partial charge < -0.3 is 18.9 Å². The van der Waals surface area contributed by atoms with Crippen molar-refractivity contribution in [2.24, 2.45) is 0 Å². The molecule has 0 radical (unpaired) electrons. The lowest BCUT2D eigenvalue weighted by molar-refractivity contribution is -0.461. The van der Waals surface area contributed by atoms with E-state index in [1.807, 2.05) is 0 Å². The number of ether oxygens (including phenoxy) is 4. The van der Waals surface area contributed by atoms with Crippen molar-refractivity contribution in [1.29, 1.82) is 0 Å². The summed E-state index contributed by atoms with van der Waals surface area (Å²) in [6.45, 7) is 1.32. The van der Waals surface area contributed by atoms with Gasteiger partial charge in [0.1, 0.15) is 17.2 Å². The fraction of sp³-hybridized carbons (Fsp3) is 0.588. The molecule has 0 heterocycles. The molecule has 0 spiro atoms. The van der Waals surface area contributed by atoms with Crippen molar-refractivity contribution in [3.8, 4) is 17.2 Å². The normalized spacial score (nSPS) is 14.2. The first-order valence-corrected chi connectivity index (χ1v) is 16.5. The van der Waals surface area contributed by atoms with Crippen LogP contribution in [-0.4, -0.2) is 78.9 Å². The number of hydrogen-bond donors (Lipinski definition) is 0. The van der Waals surface area contributed by atoms with Crippen molar-refractivity contribution in [3.05, 3.63) is 54.1 Å². The molecule has 0 aromatic heterocycles. The molecule has 2 rings (SSSR count). The maximum atomic E-state index is 14.1. The van der Waals surface area contributed by atoms with E-state index in [1.54, 1.807) is 12.1 Å². The lowest BCUT2D eigenvalue weighted by Gasteiger charge is -2.42. The summed E-state index contributed by atoms with van der Waals surface area (Å²) in [4.78, 5) is 24.6. The first kappa shape index (κ1) is 48.9. The Labute approximate surface area is 312 Å². The summed E-state index contributed by atoms with van der Waals surface area (Å²) in [5, 5.41) is 0. The van der Waals surface area contributed by atoms with Crippen molar-refractivity contribution in [3.63, 3.8) is 0 Å². The van der Waals surface area contributed by atoms with Crippen LogP contribution in [0.2, 0.25) is 0 Å². The summed E-state index contributed by atoms with van der Waals surface area (Å²) in [5.74, 6) is -59.7. The van der Waals surface area contributed by atoms with E-state index >= 15 is 0 Å². The summed E-state index contributed by atoms with van der Waals surface area (Å²) in [6, 6.07) is 10.4. The van der Waals surface area contributed by atoms with Crippen molar-refractivity contribution in [2.45, 2.75) is 113 Å². The number of carbonyl (C=O) groups excluding carboxylic acids is 2. The number of rotatable bonds is 22. The van der Waals surface area contributed by atoms with Crippen LogP contribution in [0.1, 0.15) is 69.2 Å². The lowest BCUT2D eigenvalue weighted by Crippen LogP contribution is -2.74. The van der Waals surface area contributed by atoms with Gasteiger partial charge >= 0.3 is 59.6 Å². The molecule has 0 N–H and O–H groups in total. The van der Waals surface area contributed by atoms with Gasteiger partial charge in [-0.3, -0.25) is 0 Å². The highest BCUT2D eigenvalue weighted by atomic mass is 19.4. The van der Waals surface area contributed by atoms with Gasteiger partial charge in [0.25, 0.3) is 0 Å². The highest BCUT2D eigenvalue weighted by Crippen LogP contribution is 2.64. The first-order chi connectivity index (χ1) is 25.9. The molecule has 0 aliphatic heterocycles. The van der Waals surface area contributed by atoms with Gasteiger partial charge in [0, 0.05) is 0 Å². The van der Waals surface area contributed by atoms with Crippen LogP contribution >= 0.6 is 0 Å². The third kappa shape index (κ3) is 10.5. The maximum Gasteiger partial charge on any atom is 0.460 e. The van der Waals surface area contributed by atoms with E-state index < -0.39 is 78.7 Å². The lowest BCUT2D eigenvalue weighted by atomic mass is 9.88. The second-order valence-electron chi connectivity index (χ2n) is 12.3. The Hall–Kier alpha value is -4.21. The van der Waals surface area contributed by atoms with Gasteiger partial charge in [-0.05, 0) is 61.9 Å². The van der Waals surface area contributed by atoms with Crippen molar-refractivity contribution in [1.82, 2.24) is 0 Å². The quantitative estimate of drug-likeness (QED) is 0.0508. The molecule has 324 valence electrons. The number of alkyl halides is 17. The molecule has 2 aromatic rings. The number of halogens is 17. The minimum atomic E-state index is -8.74. The molecule has 0 unspecified atom stereocenters. The minimum Gasteiger partial charge on any atom is -0.494 e. The van der Waals surface area contributed by atoms with E-state index in [9.17, 15) is 84.2 Å². The monoisotopic (exact) mass is 860 g/mol. The molecular weight excluding hydrogens is 827 g/mol. The molecule has 1 atom stereocenters. The fourth-order valence-electron chi connectivity index (χ4n) is 4.51. The highest BCUT2D eigenvalue weighted by Gasteiger charge is 2.95. The van der Waals surface area contributed by atoms with Crippen molar-refractivity contribution >= 4 is 11.9 Å². The Balaban J connectivity index is 1.97. The summed E-state index contributed by atoms with van der Waals surface area (Å²) < 4.78 is 248. The van der Waals surface area contributed by atoms with E-state index in [-0.39, 0.29) is 17.1 Å². The molecule has 2 aromatic carbocycles. The Morgan fingerprint density at radius 3 is 1.49 bits per heavy atom. The first-order valence-electron chi connectivity index (χ1n) is 16.5. The third-order valence-electron chi connectivity index (χ3n) is 7.98. The number of benzene rings is 2. The molecule has 0 amide bonds. The van der Waals surface area contributed by atoms with E-state index in [0.29, 0.717) is 12.4 Å². The Bertz CT molecular complexity index is 1610.